The molecule has 1 atom stereocenters. The number of nitrogens with one attached hydrogen (secondary N) is 1. The quantitative estimate of drug-likeness (QED) is 0.825. The molecule has 5 nitrogen and oxygen atoms in total. The summed E-state index contributed by atoms with van der Waals surface area (Å²) >= 11 is 0. The van der Waals surface area contributed by atoms with Crippen LogP contribution < -0.4 is 10.2 Å². The van der Waals surface area contributed by atoms with Gasteiger partial charge in [0, 0.05) is 36.9 Å². The van der Waals surface area contributed by atoms with E-state index in [1.165, 1.54) is 16.8 Å². The lowest BCUT2D eigenvalue weighted by Gasteiger charge is -2.29. The van der Waals surface area contributed by atoms with E-state index in [9.17, 15) is 4.79 Å². The van der Waals surface area contributed by atoms with Crippen LogP contribution >= 0.6 is 0 Å². The summed E-state index contributed by atoms with van der Waals surface area (Å²) in [5, 5.41) is 3.16. The molecule has 28 heavy (non-hydrogen) atoms. The highest BCUT2D eigenvalue weighted by atomic mass is 16.5. The minimum absolute atomic E-state index is 0.0153. The number of anilines is 1. The summed E-state index contributed by atoms with van der Waals surface area (Å²) in [5.74, 6) is 0.0153. The second-order valence-electron chi connectivity index (χ2n) is 7.86. The molecular formula is C23H33N3O2. The van der Waals surface area contributed by atoms with Gasteiger partial charge in [0.05, 0.1) is 18.9 Å². The van der Waals surface area contributed by atoms with Gasteiger partial charge >= 0.3 is 0 Å². The fraction of sp³-hybridized carbons (Fsp3) is 0.522. The summed E-state index contributed by atoms with van der Waals surface area (Å²) in [4.78, 5) is 15.5. The molecule has 5 heteroatoms. The number of ether oxygens (including phenoxy) is 1. The van der Waals surface area contributed by atoms with Gasteiger partial charge in [0.2, 0.25) is 0 Å². The Morgan fingerprint density at radius 1 is 1.14 bits per heavy atom. The summed E-state index contributed by atoms with van der Waals surface area (Å²) in [6.45, 7) is 14.3. The molecule has 1 amide bonds. The molecule has 1 fully saturated rings. The maximum Gasteiger partial charge on any atom is 0.268 e. The van der Waals surface area contributed by atoms with Crippen molar-refractivity contribution in [2.24, 2.45) is 0 Å². The number of nitrogens with zero attached hydrogens (tertiary/aromatic N) is 2. The van der Waals surface area contributed by atoms with Crippen molar-refractivity contribution in [1.29, 1.82) is 0 Å². The number of carbonyl (C=O) groups excluding carboxylic acids is 1. The molecule has 0 unspecified atom stereocenters. The van der Waals surface area contributed by atoms with Crippen molar-refractivity contribution in [3.8, 4) is 0 Å². The highest BCUT2D eigenvalue weighted by Crippen LogP contribution is 2.32. The maximum atomic E-state index is 13.2. The summed E-state index contributed by atoms with van der Waals surface area (Å²) in [7, 11) is 0. The van der Waals surface area contributed by atoms with Crippen LogP contribution in [0.4, 0.5) is 5.69 Å². The topological polar surface area (TPSA) is 46.5 Å². The number of morpholine rings is 1. The van der Waals surface area contributed by atoms with E-state index in [2.05, 4.69) is 73.7 Å². The minimum Gasteiger partial charge on any atom is -0.378 e. The van der Waals surface area contributed by atoms with Crippen LogP contribution in [0.15, 0.2) is 24.3 Å². The zero-order chi connectivity index (χ0) is 20.3. The molecule has 0 saturated carbocycles. The van der Waals surface area contributed by atoms with Gasteiger partial charge in [0.25, 0.3) is 5.91 Å². The van der Waals surface area contributed by atoms with Crippen molar-refractivity contribution < 1.29 is 9.53 Å². The molecule has 152 valence electrons. The number of carbonyl (C=O) groups is 1. The van der Waals surface area contributed by atoms with Crippen molar-refractivity contribution in [1.82, 2.24) is 9.88 Å². The van der Waals surface area contributed by atoms with E-state index in [1.807, 2.05) is 0 Å². The number of aromatic nitrogens is 1. The number of aryl methyl sites for hydroxylation is 1. The smallest absolute Gasteiger partial charge is 0.268 e. The lowest BCUT2D eigenvalue weighted by molar-refractivity contribution is 0.0929. The summed E-state index contributed by atoms with van der Waals surface area (Å²) < 4.78 is 7.71. The van der Waals surface area contributed by atoms with Crippen molar-refractivity contribution in [3.05, 3.63) is 52.3 Å². The average molecular weight is 384 g/mol. The first-order valence-electron chi connectivity index (χ1n) is 10.3. The Balaban J connectivity index is 2.03. The number of amides is 1. The van der Waals surface area contributed by atoms with Crippen LogP contribution in [0.5, 0.6) is 0 Å². The van der Waals surface area contributed by atoms with Crippen LogP contribution in [-0.4, -0.2) is 42.8 Å². The molecule has 1 aromatic carbocycles. The molecule has 1 saturated heterocycles. The van der Waals surface area contributed by atoms with Crippen molar-refractivity contribution in [2.45, 2.75) is 53.6 Å². The Labute approximate surface area is 168 Å². The van der Waals surface area contributed by atoms with E-state index in [0.717, 1.165) is 49.7 Å². The number of benzene rings is 1. The molecular weight excluding hydrogens is 350 g/mol. The molecule has 0 bridgehead atoms. The lowest BCUT2D eigenvalue weighted by atomic mass is 10.1. The fourth-order valence-electron chi connectivity index (χ4n) is 3.90. The molecule has 3 rings (SSSR count). The Hall–Kier alpha value is -2.27. The van der Waals surface area contributed by atoms with Gasteiger partial charge in [-0.3, -0.25) is 4.79 Å². The first-order chi connectivity index (χ1) is 13.4. The van der Waals surface area contributed by atoms with Crippen molar-refractivity contribution in [3.63, 3.8) is 0 Å². The molecule has 2 heterocycles. The predicted molar refractivity (Wildman–Crippen MR) is 114 cm³/mol. The van der Waals surface area contributed by atoms with Gasteiger partial charge in [0.1, 0.15) is 5.69 Å². The maximum absolute atomic E-state index is 13.2. The monoisotopic (exact) mass is 383 g/mol. The Morgan fingerprint density at radius 3 is 2.39 bits per heavy atom. The van der Waals surface area contributed by atoms with Crippen LogP contribution in [0.25, 0.3) is 0 Å². The first-order valence-corrected chi connectivity index (χ1v) is 10.3. The van der Waals surface area contributed by atoms with Crippen LogP contribution in [-0.2, 0) is 11.3 Å². The standard InChI is InChI=1S/C23H33N3O2/c1-6-17(3)24-23(27)22-18(4)21(25-11-13-28-14-12-25)19(5)26(22)15-20-9-7-16(2)8-10-20/h7-10,17H,6,11-15H2,1-5H3,(H,24,27)/t17-/m1/s1. The number of hydrogen-bond acceptors (Lipinski definition) is 3. The van der Waals surface area contributed by atoms with Gasteiger partial charge < -0.3 is 19.5 Å². The van der Waals surface area contributed by atoms with Gasteiger partial charge in [-0.05, 0) is 39.7 Å². The number of hydrogen-bond donors (Lipinski definition) is 1. The van der Waals surface area contributed by atoms with Gasteiger partial charge in [-0.15, -0.1) is 0 Å². The van der Waals surface area contributed by atoms with E-state index in [4.69, 9.17) is 4.74 Å². The van der Waals surface area contributed by atoms with Gasteiger partial charge in [0.15, 0.2) is 0 Å². The second-order valence-corrected chi connectivity index (χ2v) is 7.86. The molecule has 0 spiro atoms. The SMILES string of the molecule is CC[C@@H](C)NC(=O)c1c(C)c(N2CCOCC2)c(C)n1Cc1ccc(C)cc1. The third-order valence-corrected chi connectivity index (χ3v) is 5.72. The predicted octanol–water partition coefficient (Wildman–Crippen LogP) is 3.83. The van der Waals surface area contributed by atoms with E-state index < -0.39 is 0 Å². The van der Waals surface area contributed by atoms with Gasteiger partial charge in [-0.2, -0.15) is 0 Å². The van der Waals surface area contributed by atoms with Gasteiger partial charge in [-0.1, -0.05) is 36.8 Å². The zero-order valence-corrected chi connectivity index (χ0v) is 17.8. The molecule has 1 aliphatic rings. The van der Waals surface area contributed by atoms with Crippen LogP contribution in [0.3, 0.4) is 0 Å². The fourth-order valence-corrected chi connectivity index (χ4v) is 3.90. The Morgan fingerprint density at radius 2 is 1.79 bits per heavy atom. The largest absolute Gasteiger partial charge is 0.378 e. The third-order valence-electron chi connectivity index (χ3n) is 5.72. The molecule has 0 radical (unpaired) electrons. The van der Waals surface area contributed by atoms with E-state index in [1.54, 1.807) is 0 Å². The zero-order valence-electron chi connectivity index (χ0n) is 17.8. The van der Waals surface area contributed by atoms with E-state index in [-0.39, 0.29) is 11.9 Å². The average Bonchev–Trinajstić information content (AvgIpc) is 2.94. The van der Waals surface area contributed by atoms with Gasteiger partial charge in [-0.25, -0.2) is 0 Å². The molecule has 0 aliphatic carbocycles. The normalized spacial score (nSPS) is 15.5. The lowest BCUT2D eigenvalue weighted by Crippen LogP contribution is -2.37. The first kappa shape index (κ1) is 20.5. The van der Waals surface area contributed by atoms with E-state index >= 15 is 0 Å². The minimum atomic E-state index is 0.0153. The van der Waals surface area contributed by atoms with E-state index in [0.29, 0.717) is 6.54 Å². The summed E-state index contributed by atoms with van der Waals surface area (Å²) in [6, 6.07) is 8.71. The van der Waals surface area contributed by atoms with Crippen LogP contribution in [0.2, 0.25) is 0 Å². The summed E-state index contributed by atoms with van der Waals surface area (Å²) in [6.07, 6.45) is 0.915. The van der Waals surface area contributed by atoms with Crippen molar-refractivity contribution >= 4 is 11.6 Å². The molecule has 1 aromatic heterocycles. The second kappa shape index (κ2) is 8.82. The highest BCUT2D eigenvalue weighted by Gasteiger charge is 2.27. The summed E-state index contributed by atoms with van der Waals surface area (Å²) in [5.41, 5.74) is 6.62. The highest BCUT2D eigenvalue weighted by molar-refractivity contribution is 5.96. The Bertz CT molecular complexity index is 817. The number of rotatable bonds is 6. The Kier molecular flexibility index (Phi) is 6.45. The molecule has 1 aliphatic heterocycles. The van der Waals surface area contributed by atoms with Crippen LogP contribution in [0, 0.1) is 20.8 Å². The van der Waals surface area contributed by atoms with Crippen LogP contribution in [0.1, 0.15) is 53.1 Å². The molecule has 2 aromatic rings. The van der Waals surface area contributed by atoms with Crippen molar-refractivity contribution in [2.75, 3.05) is 31.2 Å². The molecule has 1 N–H and O–H groups in total. The third kappa shape index (κ3) is 4.25.